The van der Waals surface area contributed by atoms with Gasteiger partial charge in [-0.15, -0.1) is 0 Å². The zero-order valence-electron chi connectivity index (χ0n) is 12.8. The molecule has 2 aromatic rings. The van der Waals surface area contributed by atoms with Crippen LogP contribution in [0.2, 0.25) is 0 Å². The van der Waals surface area contributed by atoms with Crippen LogP contribution in [0.15, 0.2) is 48.5 Å². The second kappa shape index (κ2) is 9.37. The Morgan fingerprint density at radius 2 is 2.04 bits per heavy atom. The van der Waals surface area contributed by atoms with Gasteiger partial charge in [-0.2, -0.15) is 11.8 Å². The predicted molar refractivity (Wildman–Crippen MR) is 99.8 cm³/mol. The van der Waals surface area contributed by atoms with Crippen molar-refractivity contribution >= 4 is 34.8 Å². The van der Waals surface area contributed by atoms with E-state index in [0.717, 1.165) is 29.3 Å². The van der Waals surface area contributed by atoms with Crippen LogP contribution in [0.1, 0.15) is 5.56 Å². The second-order valence-electron chi connectivity index (χ2n) is 4.76. The maximum atomic E-state index is 13.5. The van der Waals surface area contributed by atoms with Crippen LogP contribution in [-0.2, 0) is 5.75 Å². The standard InChI is InChI=1S/C17H19FN2OS2/c1-21-15-7-4-6-14(11-15)20-17(22)19-9-10-23-12-13-5-2-3-8-16(13)18/h2-8,11H,9-10,12H2,1H3,(H2,19,20,22). The van der Waals surface area contributed by atoms with E-state index in [1.807, 2.05) is 36.4 Å². The highest BCUT2D eigenvalue weighted by atomic mass is 32.2. The Kier molecular flexibility index (Phi) is 7.16. The summed E-state index contributed by atoms with van der Waals surface area (Å²) in [6.45, 7) is 0.717. The van der Waals surface area contributed by atoms with Gasteiger partial charge in [0, 0.05) is 29.8 Å². The van der Waals surface area contributed by atoms with E-state index in [2.05, 4.69) is 10.6 Å². The first-order chi connectivity index (χ1) is 11.2. The summed E-state index contributed by atoms with van der Waals surface area (Å²) < 4.78 is 18.6. The number of nitrogens with one attached hydrogen (secondary N) is 2. The van der Waals surface area contributed by atoms with Gasteiger partial charge in [-0.05, 0) is 36.0 Å². The van der Waals surface area contributed by atoms with Gasteiger partial charge in [0.15, 0.2) is 5.11 Å². The average molecular weight is 350 g/mol. The minimum atomic E-state index is -0.150. The molecule has 2 rings (SSSR count). The first kappa shape index (κ1) is 17.6. The summed E-state index contributed by atoms with van der Waals surface area (Å²) in [4.78, 5) is 0. The fraction of sp³-hybridized carbons (Fsp3) is 0.235. The van der Waals surface area contributed by atoms with Crippen LogP contribution in [0.5, 0.6) is 5.75 Å². The van der Waals surface area contributed by atoms with E-state index in [0.29, 0.717) is 10.9 Å². The minimum absolute atomic E-state index is 0.150. The lowest BCUT2D eigenvalue weighted by Gasteiger charge is -2.11. The number of methoxy groups -OCH3 is 1. The van der Waals surface area contributed by atoms with Gasteiger partial charge in [0.05, 0.1) is 7.11 Å². The largest absolute Gasteiger partial charge is 0.497 e. The molecular weight excluding hydrogens is 331 g/mol. The van der Waals surface area contributed by atoms with Gasteiger partial charge in [-0.3, -0.25) is 0 Å². The third-order valence-electron chi connectivity index (χ3n) is 3.07. The summed E-state index contributed by atoms with van der Waals surface area (Å²) in [7, 11) is 1.63. The molecule has 0 aliphatic carbocycles. The van der Waals surface area contributed by atoms with E-state index >= 15 is 0 Å². The van der Waals surface area contributed by atoms with Gasteiger partial charge in [-0.25, -0.2) is 4.39 Å². The van der Waals surface area contributed by atoms with Crippen LogP contribution in [0.25, 0.3) is 0 Å². The molecule has 23 heavy (non-hydrogen) atoms. The quantitative estimate of drug-likeness (QED) is 0.581. The van der Waals surface area contributed by atoms with Gasteiger partial charge in [0.25, 0.3) is 0 Å². The summed E-state index contributed by atoms with van der Waals surface area (Å²) in [5, 5.41) is 6.80. The molecule has 0 heterocycles. The number of benzene rings is 2. The van der Waals surface area contributed by atoms with Crippen molar-refractivity contribution in [3.63, 3.8) is 0 Å². The van der Waals surface area contributed by atoms with Crippen molar-refractivity contribution in [2.75, 3.05) is 24.7 Å². The molecule has 0 bridgehead atoms. The molecule has 0 spiro atoms. The van der Waals surface area contributed by atoms with Crippen molar-refractivity contribution < 1.29 is 9.13 Å². The zero-order chi connectivity index (χ0) is 16.5. The Morgan fingerprint density at radius 1 is 1.22 bits per heavy atom. The van der Waals surface area contributed by atoms with Gasteiger partial charge >= 0.3 is 0 Å². The maximum Gasteiger partial charge on any atom is 0.170 e. The molecule has 6 heteroatoms. The highest BCUT2D eigenvalue weighted by molar-refractivity contribution is 7.98. The molecule has 0 unspecified atom stereocenters. The fourth-order valence-electron chi connectivity index (χ4n) is 1.91. The fourth-order valence-corrected chi connectivity index (χ4v) is 2.98. The second-order valence-corrected chi connectivity index (χ2v) is 6.27. The number of thioether (sulfide) groups is 1. The van der Waals surface area contributed by atoms with E-state index < -0.39 is 0 Å². The van der Waals surface area contributed by atoms with Crippen molar-refractivity contribution in [3.05, 3.63) is 59.9 Å². The summed E-state index contributed by atoms with van der Waals surface area (Å²) in [5.74, 6) is 2.13. The number of rotatable bonds is 7. The van der Waals surface area contributed by atoms with Gasteiger partial charge in [0.2, 0.25) is 0 Å². The molecule has 122 valence electrons. The monoisotopic (exact) mass is 350 g/mol. The van der Waals surface area contributed by atoms with Crippen LogP contribution in [0.4, 0.5) is 10.1 Å². The zero-order valence-corrected chi connectivity index (χ0v) is 14.5. The normalized spacial score (nSPS) is 10.2. The maximum absolute atomic E-state index is 13.5. The highest BCUT2D eigenvalue weighted by Crippen LogP contribution is 2.17. The van der Waals surface area contributed by atoms with E-state index in [9.17, 15) is 4.39 Å². The van der Waals surface area contributed by atoms with Gasteiger partial charge in [0.1, 0.15) is 11.6 Å². The number of halogens is 1. The van der Waals surface area contributed by atoms with Crippen LogP contribution < -0.4 is 15.4 Å². The van der Waals surface area contributed by atoms with E-state index in [-0.39, 0.29) is 5.82 Å². The summed E-state index contributed by atoms with van der Waals surface area (Å²) >= 11 is 6.91. The molecule has 0 amide bonds. The molecule has 0 fully saturated rings. The lowest BCUT2D eigenvalue weighted by molar-refractivity contribution is 0.415. The number of hydrogen-bond acceptors (Lipinski definition) is 3. The molecule has 0 radical (unpaired) electrons. The number of ether oxygens (including phenoxy) is 1. The topological polar surface area (TPSA) is 33.3 Å². The Morgan fingerprint density at radius 3 is 2.83 bits per heavy atom. The summed E-state index contributed by atoms with van der Waals surface area (Å²) in [6, 6.07) is 14.4. The molecule has 0 aliphatic heterocycles. The Bertz CT molecular complexity index is 652. The average Bonchev–Trinajstić information content (AvgIpc) is 2.56. The number of anilines is 1. The lowest BCUT2D eigenvalue weighted by Crippen LogP contribution is -2.30. The van der Waals surface area contributed by atoms with E-state index in [4.69, 9.17) is 17.0 Å². The minimum Gasteiger partial charge on any atom is -0.497 e. The lowest BCUT2D eigenvalue weighted by atomic mass is 10.2. The third kappa shape index (κ3) is 6.08. The first-order valence-corrected chi connectivity index (χ1v) is 8.75. The highest BCUT2D eigenvalue weighted by Gasteiger charge is 2.01. The molecule has 2 aromatic carbocycles. The Hall–Kier alpha value is -1.79. The summed E-state index contributed by atoms with van der Waals surface area (Å²) in [6.07, 6.45) is 0. The van der Waals surface area contributed by atoms with E-state index in [1.165, 1.54) is 6.07 Å². The number of thiocarbonyl (C=S) groups is 1. The molecule has 0 aromatic heterocycles. The van der Waals surface area contributed by atoms with Crippen LogP contribution in [0.3, 0.4) is 0 Å². The molecule has 2 N–H and O–H groups in total. The van der Waals surface area contributed by atoms with Crippen molar-refractivity contribution in [2.45, 2.75) is 5.75 Å². The molecular formula is C17H19FN2OS2. The Labute approximate surface area is 145 Å². The SMILES string of the molecule is COc1cccc(NC(=S)NCCSCc2ccccc2F)c1. The van der Waals surface area contributed by atoms with Crippen molar-refractivity contribution in [1.29, 1.82) is 0 Å². The van der Waals surface area contributed by atoms with Crippen LogP contribution in [-0.4, -0.2) is 24.5 Å². The molecule has 3 nitrogen and oxygen atoms in total. The molecule has 0 saturated heterocycles. The number of hydrogen-bond donors (Lipinski definition) is 2. The third-order valence-corrected chi connectivity index (χ3v) is 4.33. The summed E-state index contributed by atoms with van der Waals surface area (Å²) in [5.41, 5.74) is 1.61. The van der Waals surface area contributed by atoms with Crippen molar-refractivity contribution in [3.8, 4) is 5.75 Å². The van der Waals surface area contributed by atoms with Crippen molar-refractivity contribution in [2.24, 2.45) is 0 Å². The van der Waals surface area contributed by atoms with E-state index in [1.54, 1.807) is 24.9 Å². The predicted octanol–water partition coefficient (Wildman–Crippen LogP) is 4.05. The molecule has 0 atom stereocenters. The van der Waals surface area contributed by atoms with Gasteiger partial charge in [-0.1, -0.05) is 24.3 Å². The van der Waals surface area contributed by atoms with Crippen LogP contribution in [0, 0.1) is 5.82 Å². The van der Waals surface area contributed by atoms with Crippen molar-refractivity contribution in [1.82, 2.24) is 5.32 Å². The van der Waals surface area contributed by atoms with Gasteiger partial charge < -0.3 is 15.4 Å². The smallest absolute Gasteiger partial charge is 0.170 e. The Balaban J connectivity index is 1.66. The van der Waals surface area contributed by atoms with Crippen LogP contribution >= 0.6 is 24.0 Å². The molecule has 0 saturated carbocycles. The molecule has 0 aliphatic rings. The first-order valence-electron chi connectivity index (χ1n) is 7.19.